The van der Waals surface area contributed by atoms with Crippen molar-refractivity contribution < 1.29 is 4.39 Å². The third-order valence-electron chi connectivity index (χ3n) is 3.12. The van der Waals surface area contributed by atoms with Gasteiger partial charge in [0.15, 0.2) is 0 Å². The first-order valence-corrected chi connectivity index (χ1v) is 6.17. The third kappa shape index (κ3) is 3.19. The predicted molar refractivity (Wildman–Crippen MR) is 67.0 cm³/mol. The second-order valence-electron chi connectivity index (χ2n) is 4.17. The molecule has 0 aliphatic heterocycles. The van der Waals surface area contributed by atoms with Crippen molar-refractivity contribution in [3.8, 4) is 0 Å². The molecule has 1 atom stereocenters. The second kappa shape index (κ2) is 6.21. The first-order chi connectivity index (χ1) is 7.60. The van der Waals surface area contributed by atoms with Crippen molar-refractivity contribution in [3.05, 3.63) is 34.6 Å². The molecule has 0 radical (unpaired) electrons. The van der Waals surface area contributed by atoms with Gasteiger partial charge in [-0.05, 0) is 18.4 Å². The lowest BCUT2D eigenvalue weighted by Gasteiger charge is -2.19. The Bertz CT molecular complexity index is 337. The fourth-order valence-electron chi connectivity index (χ4n) is 1.91. The highest BCUT2D eigenvalue weighted by atomic mass is 35.5. The Morgan fingerprint density at radius 3 is 2.50 bits per heavy atom. The molecule has 0 bridgehead atoms. The van der Waals surface area contributed by atoms with E-state index in [0.29, 0.717) is 11.5 Å². The fraction of sp³-hybridized carbons (Fsp3) is 0.538. The van der Waals surface area contributed by atoms with Gasteiger partial charge in [-0.1, -0.05) is 50.4 Å². The lowest BCUT2D eigenvalue weighted by molar-refractivity contribution is 0.407. The number of halogens is 2. The Morgan fingerprint density at radius 1 is 1.31 bits per heavy atom. The van der Waals surface area contributed by atoms with E-state index in [2.05, 4.69) is 13.8 Å². The standard InChI is InChI=1S/C13H19ClFN/c1-3-9(4-2)8-12(16)10-6-5-7-11(14)13(10)15/h5-7,9,12H,3-4,8,16H2,1-2H3. The molecule has 0 aromatic heterocycles. The average molecular weight is 244 g/mol. The molecule has 1 unspecified atom stereocenters. The van der Waals surface area contributed by atoms with Gasteiger partial charge in [-0.2, -0.15) is 0 Å². The summed E-state index contributed by atoms with van der Waals surface area (Å²) in [6, 6.07) is 4.75. The Labute approximate surface area is 102 Å². The van der Waals surface area contributed by atoms with E-state index >= 15 is 0 Å². The first kappa shape index (κ1) is 13.5. The minimum absolute atomic E-state index is 0.150. The lowest BCUT2D eigenvalue weighted by Crippen LogP contribution is -2.16. The van der Waals surface area contributed by atoms with Crippen LogP contribution in [0.4, 0.5) is 4.39 Å². The van der Waals surface area contributed by atoms with Gasteiger partial charge in [-0.25, -0.2) is 4.39 Å². The van der Waals surface area contributed by atoms with E-state index in [9.17, 15) is 4.39 Å². The van der Waals surface area contributed by atoms with Crippen LogP contribution in [0.15, 0.2) is 18.2 Å². The predicted octanol–water partition coefficient (Wildman–Crippen LogP) is 4.31. The molecule has 1 aromatic carbocycles. The normalized spacial score (nSPS) is 13.1. The van der Waals surface area contributed by atoms with Crippen LogP contribution >= 0.6 is 11.6 Å². The summed E-state index contributed by atoms with van der Waals surface area (Å²) in [5, 5.41) is 0.150. The second-order valence-corrected chi connectivity index (χ2v) is 4.57. The molecule has 1 aromatic rings. The zero-order valence-electron chi connectivity index (χ0n) is 9.84. The van der Waals surface area contributed by atoms with E-state index in [1.807, 2.05) is 0 Å². The van der Waals surface area contributed by atoms with Crippen molar-refractivity contribution in [3.63, 3.8) is 0 Å². The summed E-state index contributed by atoms with van der Waals surface area (Å²) in [4.78, 5) is 0. The third-order valence-corrected chi connectivity index (χ3v) is 3.41. The monoisotopic (exact) mass is 243 g/mol. The summed E-state index contributed by atoms with van der Waals surface area (Å²) in [6.45, 7) is 4.27. The quantitative estimate of drug-likeness (QED) is 0.820. The van der Waals surface area contributed by atoms with Gasteiger partial charge in [0.2, 0.25) is 0 Å². The lowest BCUT2D eigenvalue weighted by atomic mass is 9.91. The van der Waals surface area contributed by atoms with Gasteiger partial charge >= 0.3 is 0 Å². The van der Waals surface area contributed by atoms with Crippen LogP contribution in [0.25, 0.3) is 0 Å². The van der Waals surface area contributed by atoms with Gasteiger partial charge in [-0.3, -0.25) is 0 Å². The Morgan fingerprint density at radius 2 is 1.94 bits per heavy atom. The van der Waals surface area contributed by atoms with E-state index < -0.39 is 0 Å². The van der Waals surface area contributed by atoms with Crippen LogP contribution in [-0.2, 0) is 0 Å². The van der Waals surface area contributed by atoms with Crippen molar-refractivity contribution >= 4 is 11.6 Å². The van der Waals surface area contributed by atoms with E-state index in [1.54, 1.807) is 18.2 Å². The molecular weight excluding hydrogens is 225 g/mol. The van der Waals surface area contributed by atoms with Gasteiger partial charge in [0, 0.05) is 11.6 Å². The molecule has 0 fully saturated rings. The van der Waals surface area contributed by atoms with Crippen molar-refractivity contribution in [1.82, 2.24) is 0 Å². The summed E-state index contributed by atoms with van der Waals surface area (Å²) in [7, 11) is 0. The largest absolute Gasteiger partial charge is 0.324 e. The van der Waals surface area contributed by atoms with Crippen molar-refractivity contribution in [2.24, 2.45) is 11.7 Å². The molecule has 0 heterocycles. The number of hydrogen-bond acceptors (Lipinski definition) is 1. The van der Waals surface area contributed by atoms with Crippen LogP contribution in [0.1, 0.15) is 44.7 Å². The maximum Gasteiger partial charge on any atom is 0.146 e. The number of benzene rings is 1. The highest BCUT2D eigenvalue weighted by molar-refractivity contribution is 6.30. The van der Waals surface area contributed by atoms with E-state index in [4.69, 9.17) is 17.3 Å². The Kier molecular flexibility index (Phi) is 5.23. The Balaban J connectivity index is 2.80. The topological polar surface area (TPSA) is 26.0 Å². The molecule has 90 valence electrons. The number of nitrogens with two attached hydrogens (primary N) is 1. The first-order valence-electron chi connectivity index (χ1n) is 5.79. The molecule has 3 heteroatoms. The van der Waals surface area contributed by atoms with Gasteiger partial charge in [-0.15, -0.1) is 0 Å². The summed E-state index contributed by atoms with van der Waals surface area (Å²) >= 11 is 5.73. The summed E-state index contributed by atoms with van der Waals surface area (Å²) in [5.74, 6) is 0.177. The SMILES string of the molecule is CCC(CC)CC(N)c1cccc(Cl)c1F. The minimum atomic E-state index is -0.373. The van der Waals surface area contributed by atoms with Gasteiger partial charge in [0.25, 0.3) is 0 Å². The zero-order chi connectivity index (χ0) is 12.1. The molecule has 0 aliphatic carbocycles. The summed E-state index contributed by atoms with van der Waals surface area (Å²) in [5.41, 5.74) is 6.55. The van der Waals surface area contributed by atoms with E-state index in [0.717, 1.165) is 19.3 Å². The molecule has 1 nitrogen and oxygen atoms in total. The molecule has 0 spiro atoms. The van der Waals surface area contributed by atoms with Crippen LogP contribution in [0, 0.1) is 11.7 Å². The molecule has 16 heavy (non-hydrogen) atoms. The van der Waals surface area contributed by atoms with Crippen molar-refractivity contribution in [1.29, 1.82) is 0 Å². The van der Waals surface area contributed by atoms with Gasteiger partial charge in [0.1, 0.15) is 5.82 Å². The zero-order valence-corrected chi connectivity index (χ0v) is 10.6. The highest BCUT2D eigenvalue weighted by Gasteiger charge is 2.16. The highest BCUT2D eigenvalue weighted by Crippen LogP contribution is 2.27. The molecule has 0 saturated heterocycles. The fourth-order valence-corrected chi connectivity index (χ4v) is 2.10. The maximum atomic E-state index is 13.7. The molecule has 2 N–H and O–H groups in total. The molecular formula is C13H19ClFN. The van der Waals surface area contributed by atoms with Gasteiger partial charge in [0.05, 0.1) is 5.02 Å². The van der Waals surface area contributed by atoms with E-state index in [-0.39, 0.29) is 16.9 Å². The molecule has 1 rings (SSSR count). The van der Waals surface area contributed by atoms with Crippen molar-refractivity contribution in [2.45, 2.75) is 39.2 Å². The smallest absolute Gasteiger partial charge is 0.146 e. The number of rotatable bonds is 5. The molecule has 0 amide bonds. The van der Waals surface area contributed by atoms with Crippen molar-refractivity contribution in [2.75, 3.05) is 0 Å². The molecule has 0 saturated carbocycles. The average Bonchev–Trinajstić information content (AvgIpc) is 2.29. The summed E-state index contributed by atoms with van der Waals surface area (Å²) in [6.07, 6.45) is 2.96. The van der Waals surface area contributed by atoms with Crippen LogP contribution in [-0.4, -0.2) is 0 Å². The minimum Gasteiger partial charge on any atom is -0.324 e. The summed E-state index contributed by atoms with van der Waals surface area (Å²) < 4.78 is 13.7. The maximum absolute atomic E-state index is 13.7. The van der Waals surface area contributed by atoms with Crippen LogP contribution < -0.4 is 5.73 Å². The van der Waals surface area contributed by atoms with Crippen LogP contribution in [0.3, 0.4) is 0 Å². The van der Waals surface area contributed by atoms with Gasteiger partial charge < -0.3 is 5.73 Å². The van der Waals surface area contributed by atoms with E-state index in [1.165, 1.54) is 0 Å². The Hall–Kier alpha value is -0.600. The number of hydrogen-bond donors (Lipinski definition) is 1. The van der Waals surface area contributed by atoms with Crippen LogP contribution in [0.5, 0.6) is 0 Å². The van der Waals surface area contributed by atoms with Crippen LogP contribution in [0.2, 0.25) is 5.02 Å². The molecule has 0 aliphatic rings.